The fourth-order valence-electron chi connectivity index (χ4n) is 3.36. The number of hydrogen-bond acceptors (Lipinski definition) is 4. The van der Waals surface area contributed by atoms with E-state index in [4.69, 9.17) is 9.47 Å². The zero-order valence-corrected chi connectivity index (χ0v) is 13.7. The number of benzene rings is 1. The molecule has 1 saturated heterocycles. The predicted molar refractivity (Wildman–Crippen MR) is 87.1 cm³/mol. The molecule has 0 bridgehead atoms. The summed E-state index contributed by atoms with van der Waals surface area (Å²) in [6, 6.07) is 5.92. The van der Waals surface area contributed by atoms with E-state index in [0.717, 1.165) is 12.8 Å². The summed E-state index contributed by atoms with van der Waals surface area (Å²) in [4.78, 5) is 23.7. The van der Waals surface area contributed by atoms with Gasteiger partial charge >= 0.3 is 5.97 Å². The minimum absolute atomic E-state index is 0.186. The Morgan fingerprint density at radius 1 is 1.17 bits per heavy atom. The number of carboxylic acids is 1. The Morgan fingerprint density at radius 3 is 2.58 bits per heavy atom. The van der Waals surface area contributed by atoms with Gasteiger partial charge in [-0.2, -0.15) is 0 Å². The lowest BCUT2D eigenvalue weighted by molar-refractivity contribution is -0.152. The third kappa shape index (κ3) is 3.70. The van der Waals surface area contributed by atoms with Crippen molar-refractivity contribution in [3.8, 4) is 5.75 Å². The Kier molecular flexibility index (Phi) is 5.04. The van der Waals surface area contributed by atoms with Crippen molar-refractivity contribution in [3.63, 3.8) is 0 Å². The Labute approximate surface area is 141 Å². The van der Waals surface area contributed by atoms with Crippen molar-refractivity contribution in [1.82, 2.24) is 5.32 Å². The molecule has 0 atom stereocenters. The number of carbonyl (C=O) groups excluding carboxylic acids is 1. The number of hydrogen-bond donors (Lipinski definition) is 2. The van der Waals surface area contributed by atoms with Crippen molar-refractivity contribution in [2.75, 3.05) is 19.8 Å². The van der Waals surface area contributed by atoms with Crippen LogP contribution >= 0.6 is 0 Å². The maximum atomic E-state index is 12.1. The molecule has 2 N–H and O–H groups in total. The minimum Gasteiger partial charge on any atom is -0.484 e. The van der Waals surface area contributed by atoms with Crippen LogP contribution in [-0.2, 0) is 27.2 Å². The van der Waals surface area contributed by atoms with Crippen molar-refractivity contribution in [2.45, 2.75) is 44.1 Å². The summed E-state index contributed by atoms with van der Waals surface area (Å²) < 4.78 is 10.8. The molecule has 0 aromatic heterocycles. The highest BCUT2D eigenvalue weighted by Crippen LogP contribution is 2.25. The second kappa shape index (κ2) is 7.21. The smallest absolute Gasteiger partial charge is 0.329 e. The molecule has 1 fully saturated rings. The van der Waals surface area contributed by atoms with Crippen molar-refractivity contribution in [1.29, 1.82) is 0 Å². The number of fused-ring (bicyclic) bond motifs is 1. The normalized spacial score (nSPS) is 19.2. The highest BCUT2D eigenvalue weighted by molar-refractivity contribution is 5.87. The van der Waals surface area contributed by atoms with Gasteiger partial charge in [0.25, 0.3) is 5.91 Å². The van der Waals surface area contributed by atoms with Crippen LogP contribution in [0.3, 0.4) is 0 Å². The van der Waals surface area contributed by atoms with Crippen LogP contribution in [0, 0.1) is 0 Å². The SMILES string of the molecule is O=C(COc1ccc2c(c1)CCCC2)NC1(C(=O)O)CCOCC1. The minimum atomic E-state index is -1.24. The van der Waals surface area contributed by atoms with E-state index in [9.17, 15) is 14.7 Å². The first-order valence-corrected chi connectivity index (χ1v) is 8.46. The first-order valence-electron chi connectivity index (χ1n) is 8.46. The number of aryl methyl sites for hydroxylation is 2. The van der Waals surface area contributed by atoms with E-state index in [1.54, 1.807) is 0 Å². The van der Waals surface area contributed by atoms with Crippen molar-refractivity contribution >= 4 is 11.9 Å². The van der Waals surface area contributed by atoms with Gasteiger partial charge in [-0.05, 0) is 48.9 Å². The number of nitrogens with one attached hydrogen (secondary N) is 1. The highest BCUT2D eigenvalue weighted by Gasteiger charge is 2.41. The summed E-state index contributed by atoms with van der Waals surface area (Å²) in [5.74, 6) is -0.785. The van der Waals surface area contributed by atoms with Crippen LogP contribution in [0.25, 0.3) is 0 Å². The monoisotopic (exact) mass is 333 g/mol. The number of rotatable bonds is 5. The average Bonchev–Trinajstić information content (AvgIpc) is 2.60. The molecule has 1 amide bonds. The summed E-state index contributed by atoms with van der Waals surface area (Å²) in [6.07, 6.45) is 5.08. The molecule has 1 aliphatic carbocycles. The molecule has 24 heavy (non-hydrogen) atoms. The summed E-state index contributed by atoms with van der Waals surface area (Å²) in [6.45, 7) is 0.477. The first-order chi connectivity index (χ1) is 11.6. The Bertz CT molecular complexity index is 622. The predicted octanol–water partition coefficient (Wildman–Crippen LogP) is 1.69. The van der Waals surface area contributed by atoms with Gasteiger partial charge in [-0.1, -0.05) is 6.07 Å². The first kappa shape index (κ1) is 16.8. The lowest BCUT2D eigenvalue weighted by atomic mass is 9.90. The summed E-state index contributed by atoms with van der Waals surface area (Å²) in [7, 11) is 0. The van der Waals surface area contributed by atoms with Crippen LogP contribution < -0.4 is 10.1 Å². The molecule has 3 rings (SSSR count). The van der Waals surface area contributed by atoms with Gasteiger partial charge < -0.3 is 19.9 Å². The lowest BCUT2D eigenvalue weighted by Crippen LogP contribution is -2.58. The van der Waals surface area contributed by atoms with E-state index in [2.05, 4.69) is 11.4 Å². The molecule has 6 heteroatoms. The molecule has 6 nitrogen and oxygen atoms in total. The quantitative estimate of drug-likeness (QED) is 0.857. The van der Waals surface area contributed by atoms with Gasteiger partial charge in [0.15, 0.2) is 6.61 Å². The van der Waals surface area contributed by atoms with Crippen molar-refractivity contribution < 1.29 is 24.2 Å². The number of carboxylic acid groups (broad SMARTS) is 1. The van der Waals surface area contributed by atoms with Crippen LogP contribution in [0.4, 0.5) is 0 Å². The van der Waals surface area contributed by atoms with Gasteiger partial charge in [0.05, 0.1) is 0 Å². The van der Waals surface area contributed by atoms with Crippen LogP contribution in [0.2, 0.25) is 0 Å². The summed E-state index contributed by atoms with van der Waals surface area (Å²) >= 11 is 0. The van der Waals surface area contributed by atoms with E-state index in [-0.39, 0.29) is 19.4 Å². The Hall–Kier alpha value is -2.08. The molecule has 1 aliphatic heterocycles. The fraction of sp³-hybridized carbons (Fsp3) is 0.556. The van der Waals surface area contributed by atoms with Crippen LogP contribution in [0.5, 0.6) is 5.75 Å². The Balaban J connectivity index is 1.58. The van der Waals surface area contributed by atoms with E-state index in [0.29, 0.717) is 19.0 Å². The maximum Gasteiger partial charge on any atom is 0.329 e. The Morgan fingerprint density at radius 2 is 1.88 bits per heavy atom. The van der Waals surface area contributed by atoms with E-state index in [1.165, 1.54) is 24.0 Å². The molecule has 1 aromatic rings. The van der Waals surface area contributed by atoms with Crippen molar-refractivity contribution in [3.05, 3.63) is 29.3 Å². The van der Waals surface area contributed by atoms with Gasteiger partial charge in [0.1, 0.15) is 11.3 Å². The van der Waals surface area contributed by atoms with Gasteiger partial charge in [0, 0.05) is 26.1 Å². The average molecular weight is 333 g/mol. The standard InChI is InChI=1S/C18H23NO5/c20-16(19-18(17(21)22)7-9-23-10-8-18)12-24-15-6-5-13-3-1-2-4-14(13)11-15/h5-6,11H,1-4,7-10,12H2,(H,19,20)(H,21,22). The molecule has 1 aromatic carbocycles. The molecule has 0 saturated carbocycles. The topological polar surface area (TPSA) is 84.9 Å². The van der Waals surface area contributed by atoms with E-state index >= 15 is 0 Å². The molecule has 0 unspecified atom stereocenters. The molecular formula is C18H23NO5. The number of carbonyl (C=O) groups is 2. The van der Waals surface area contributed by atoms with Crippen LogP contribution in [0.15, 0.2) is 18.2 Å². The van der Waals surface area contributed by atoms with Gasteiger partial charge in [-0.15, -0.1) is 0 Å². The number of aliphatic carboxylic acids is 1. The fourth-order valence-corrected chi connectivity index (χ4v) is 3.36. The molecule has 2 aliphatic rings. The van der Waals surface area contributed by atoms with Crippen molar-refractivity contribution in [2.24, 2.45) is 0 Å². The van der Waals surface area contributed by atoms with E-state index in [1.807, 2.05) is 12.1 Å². The molecule has 0 spiro atoms. The van der Waals surface area contributed by atoms with E-state index < -0.39 is 17.4 Å². The van der Waals surface area contributed by atoms with Crippen LogP contribution in [0.1, 0.15) is 36.8 Å². The van der Waals surface area contributed by atoms with Gasteiger partial charge in [0.2, 0.25) is 0 Å². The summed E-state index contributed by atoms with van der Waals surface area (Å²) in [5.41, 5.74) is 1.39. The molecular weight excluding hydrogens is 310 g/mol. The lowest BCUT2D eigenvalue weighted by Gasteiger charge is -2.33. The molecule has 0 radical (unpaired) electrons. The maximum absolute atomic E-state index is 12.1. The number of ether oxygens (including phenoxy) is 2. The third-order valence-corrected chi connectivity index (χ3v) is 4.82. The third-order valence-electron chi connectivity index (χ3n) is 4.82. The van der Waals surface area contributed by atoms with Gasteiger partial charge in [-0.25, -0.2) is 4.79 Å². The molecule has 130 valence electrons. The largest absolute Gasteiger partial charge is 0.484 e. The zero-order valence-electron chi connectivity index (χ0n) is 13.7. The summed E-state index contributed by atoms with van der Waals surface area (Å²) in [5, 5.41) is 12.1. The molecule has 1 heterocycles. The second-order valence-corrected chi connectivity index (χ2v) is 6.47. The van der Waals surface area contributed by atoms with Gasteiger partial charge in [-0.3, -0.25) is 4.79 Å². The highest BCUT2D eigenvalue weighted by atomic mass is 16.5. The zero-order chi connectivity index (χ0) is 17.0. The van der Waals surface area contributed by atoms with Crippen LogP contribution in [-0.4, -0.2) is 42.3 Å². The number of amides is 1. The second-order valence-electron chi connectivity index (χ2n) is 6.47.